The van der Waals surface area contributed by atoms with E-state index in [1.165, 1.54) is 4.90 Å². The zero-order valence-electron chi connectivity index (χ0n) is 22.3. The molecule has 0 aliphatic heterocycles. The summed E-state index contributed by atoms with van der Waals surface area (Å²) in [5, 5.41) is 3.12. The van der Waals surface area contributed by atoms with E-state index < -0.39 is 28.5 Å². The molecule has 2 amide bonds. The molecule has 0 radical (unpaired) electrons. The molecule has 2 aromatic rings. The Morgan fingerprint density at radius 3 is 2.32 bits per heavy atom. The normalized spacial score (nSPS) is 14.7. The number of hydrogen-bond donors (Lipinski definition) is 1. The molecule has 0 unspecified atom stereocenters. The lowest BCUT2D eigenvalue weighted by molar-refractivity contribution is -0.140. The molecule has 1 saturated carbocycles. The summed E-state index contributed by atoms with van der Waals surface area (Å²) in [4.78, 5) is 28.8. The monoisotopic (exact) mass is 529 g/mol. The molecule has 0 heterocycles. The number of para-hydroxylation sites is 2. The number of carbonyl (C=O) groups excluding carboxylic acids is 2. The number of nitrogens with one attached hydrogen (secondary N) is 1. The summed E-state index contributed by atoms with van der Waals surface area (Å²) in [5.41, 5.74) is 2.19. The van der Waals surface area contributed by atoms with Crippen molar-refractivity contribution in [2.45, 2.75) is 71.5 Å². The van der Waals surface area contributed by atoms with Crippen LogP contribution in [-0.4, -0.2) is 56.6 Å². The molecule has 3 rings (SSSR count). The topological polar surface area (TPSA) is 96.0 Å². The number of anilines is 1. The number of nitrogens with zero attached hydrogens (tertiary/aromatic N) is 2. The summed E-state index contributed by atoms with van der Waals surface area (Å²) in [7, 11) is -3.83. The smallest absolute Gasteiger partial charge is 0.244 e. The molecule has 1 fully saturated rings. The van der Waals surface area contributed by atoms with Crippen molar-refractivity contribution in [2.24, 2.45) is 0 Å². The van der Waals surface area contributed by atoms with Crippen molar-refractivity contribution in [3.8, 4) is 5.75 Å². The molecule has 9 heteroatoms. The second kappa shape index (κ2) is 12.9. The fourth-order valence-corrected chi connectivity index (χ4v) is 5.65. The van der Waals surface area contributed by atoms with Crippen LogP contribution >= 0.6 is 0 Å². The lowest BCUT2D eigenvalue weighted by Crippen LogP contribution is -2.53. The van der Waals surface area contributed by atoms with Crippen LogP contribution in [0.15, 0.2) is 48.5 Å². The van der Waals surface area contributed by atoms with E-state index in [0.29, 0.717) is 24.5 Å². The van der Waals surface area contributed by atoms with Gasteiger partial charge in [0, 0.05) is 12.6 Å². The van der Waals surface area contributed by atoms with Crippen LogP contribution < -0.4 is 14.4 Å². The average Bonchev–Trinajstić information content (AvgIpc) is 3.36. The number of ether oxygens (including phenoxy) is 1. The van der Waals surface area contributed by atoms with E-state index >= 15 is 0 Å². The minimum absolute atomic E-state index is 0.113. The fraction of sp³-hybridized carbons (Fsp3) is 0.500. The third kappa shape index (κ3) is 7.47. The first-order valence-electron chi connectivity index (χ1n) is 13.0. The van der Waals surface area contributed by atoms with Gasteiger partial charge in [0.15, 0.2) is 0 Å². The number of rotatable bonds is 12. The molecular weight excluding hydrogens is 490 g/mol. The predicted molar refractivity (Wildman–Crippen MR) is 146 cm³/mol. The van der Waals surface area contributed by atoms with Gasteiger partial charge in [-0.3, -0.25) is 13.9 Å². The molecular formula is C28H39N3O5S. The van der Waals surface area contributed by atoms with Crippen molar-refractivity contribution in [3.63, 3.8) is 0 Å². The minimum atomic E-state index is -3.83. The van der Waals surface area contributed by atoms with E-state index in [1.54, 1.807) is 24.3 Å². The molecule has 2 aromatic carbocycles. The zero-order valence-corrected chi connectivity index (χ0v) is 23.1. The van der Waals surface area contributed by atoms with E-state index in [4.69, 9.17) is 4.74 Å². The SMILES string of the molecule is CCOc1ccccc1N(CC(=O)N(Cc1ccccc1C)[C@@H](CC)C(=O)NC1CCCC1)S(C)(=O)=O. The maximum Gasteiger partial charge on any atom is 0.244 e. The van der Waals surface area contributed by atoms with Gasteiger partial charge in [-0.05, 0) is 56.4 Å². The van der Waals surface area contributed by atoms with Gasteiger partial charge in [0.25, 0.3) is 0 Å². The maximum absolute atomic E-state index is 13.9. The highest BCUT2D eigenvalue weighted by atomic mass is 32.2. The summed E-state index contributed by atoms with van der Waals surface area (Å²) in [6, 6.07) is 13.8. The van der Waals surface area contributed by atoms with Gasteiger partial charge < -0.3 is 15.0 Å². The number of amides is 2. The van der Waals surface area contributed by atoms with Gasteiger partial charge in [-0.2, -0.15) is 0 Å². The Morgan fingerprint density at radius 1 is 1.05 bits per heavy atom. The Morgan fingerprint density at radius 2 is 1.70 bits per heavy atom. The highest BCUT2D eigenvalue weighted by Gasteiger charge is 2.33. The van der Waals surface area contributed by atoms with E-state index in [9.17, 15) is 18.0 Å². The lowest BCUT2D eigenvalue weighted by atomic mass is 10.1. The molecule has 0 saturated heterocycles. The molecule has 0 spiro atoms. The third-order valence-electron chi connectivity index (χ3n) is 6.80. The van der Waals surface area contributed by atoms with Crippen molar-refractivity contribution >= 4 is 27.5 Å². The maximum atomic E-state index is 13.9. The first-order chi connectivity index (χ1) is 17.7. The van der Waals surface area contributed by atoms with Gasteiger partial charge in [0.05, 0.1) is 18.6 Å². The van der Waals surface area contributed by atoms with Crippen molar-refractivity contribution in [3.05, 3.63) is 59.7 Å². The number of carbonyl (C=O) groups is 2. The third-order valence-corrected chi connectivity index (χ3v) is 7.93. The average molecular weight is 530 g/mol. The first-order valence-corrected chi connectivity index (χ1v) is 14.8. The van der Waals surface area contributed by atoms with Crippen LogP contribution in [-0.2, 0) is 26.2 Å². The number of hydrogen-bond acceptors (Lipinski definition) is 5. The van der Waals surface area contributed by atoms with E-state index in [2.05, 4.69) is 5.32 Å². The minimum Gasteiger partial charge on any atom is -0.492 e. The number of benzene rings is 2. The largest absolute Gasteiger partial charge is 0.492 e. The molecule has 1 aliphatic carbocycles. The summed E-state index contributed by atoms with van der Waals surface area (Å²) >= 11 is 0. The molecule has 1 aliphatic rings. The van der Waals surface area contributed by atoms with Crippen molar-refractivity contribution < 1.29 is 22.7 Å². The molecule has 0 bridgehead atoms. The Kier molecular flexibility index (Phi) is 9.97. The van der Waals surface area contributed by atoms with Crippen LogP contribution in [0.4, 0.5) is 5.69 Å². The van der Waals surface area contributed by atoms with Crippen LogP contribution in [0.1, 0.15) is 57.1 Å². The summed E-state index contributed by atoms with van der Waals surface area (Å²) < 4.78 is 32.5. The fourth-order valence-electron chi connectivity index (χ4n) is 4.79. The second-order valence-electron chi connectivity index (χ2n) is 9.53. The summed E-state index contributed by atoms with van der Waals surface area (Å²) in [6.45, 7) is 5.75. The molecule has 8 nitrogen and oxygen atoms in total. The first kappa shape index (κ1) is 28.5. The van der Waals surface area contributed by atoms with Gasteiger partial charge in [-0.25, -0.2) is 8.42 Å². The van der Waals surface area contributed by atoms with E-state index in [1.807, 2.05) is 45.0 Å². The van der Waals surface area contributed by atoms with E-state index in [-0.39, 0.29) is 18.5 Å². The molecule has 1 atom stereocenters. The standard InChI is InChI=1S/C28H39N3O5S/c1-5-24(28(33)29-23-15-9-10-16-23)30(19-22-14-8-7-13-21(22)3)27(32)20-31(37(4,34)35)25-17-11-12-18-26(25)36-6-2/h7-8,11-14,17-18,23-24H,5-6,9-10,15-16,19-20H2,1-4H3,(H,29,33)/t24-/m0/s1. The van der Waals surface area contributed by atoms with Crippen LogP contribution in [0.3, 0.4) is 0 Å². The van der Waals surface area contributed by atoms with Crippen molar-refractivity contribution in [1.82, 2.24) is 10.2 Å². The lowest BCUT2D eigenvalue weighted by Gasteiger charge is -2.34. The molecule has 202 valence electrons. The van der Waals surface area contributed by atoms with Gasteiger partial charge in [0.1, 0.15) is 18.3 Å². The number of aryl methyl sites for hydroxylation is 1. The molecule has 37 heavy (non-hydrogen) atoms. The molecule has 1 N–H and O–H groups in total. The quantitative estimate of drug-likeness (QED) is 0.448. The predicted octanol–water partition coefficient (Wildman–Crippen LogP) is 4.03. The van der Waals surface area contributed by atoms with Gasteiger partial charge in [0.2, 0.25) is 21.8 Å². The van der Waals surface area contributed by atoms with Crippen LogP contribution in [0.25, 0.3) is 0 Å². The number of sulfonamides is 1. The Labute approximate surface area is 221 Å². The highest BCUT2D eigenvalue weighted by Crippen LogP contribution is 2.30. The van der Waals surface area contributed by atoms with Crippen LogP contribution in [0.5, 0.6) is 5.75 Å². The Balaban J connectivity index is 1.96. The van der Waals surface area contributed by atoms with Gasteiger partial charge >= 0.3 is 0 Å². The van der Waals surface area contributed by atoms with E-state index in [0.717, 1.165) is 47.4 Å². The van der Waals surface area contributed by atoms with Crippen molar-refractivity contribution in [2.75, 3.05) is 23.7 Å². The van der Waals surface area contributed by atoms with Crippen LogP contribution in [0.2, 0.25) is 0 Å². The van der Waals surface area contributed by atoms with Crippen LogP contribution in [0, 0.1) is 6.92 Å². The van der Waals surface area contributed by atoms with Gasteiger partial charge in [-0.15, -0.1) is 0 Å². The Bertz CT molecular complexity index is 1180. The highest BCUT2D eigenvalue weighted by molar-refractivity contribution is 7.92. The second-order valence-corrected chi connectivity index (χ2v) is 11.4. The Hall–Kier alpha value is -3.07. The van der Waals surface area contributed by atoms with Gasteiger partial charge in [-0.1, -0.05) is 56.2 Å². The summed E-state index contributed by atoms with van der Waals surface area (Å²) in [5.74, 6) is -0.273. The van der Waals surface area contributed by atoms with Crippen molar-refractivity contribution in [1.29, 1.82) is 0 Å². The summed E-state index contributed by atoms with van der Waals surface area (Å²) in [6.07, 6.45) is 5.50. The molecule has 0 aromatic heterocycles. The zero-order chi connectivity index (χ0) is 27.0.